The van der Waals surface area contributed by atoms with Crippen LogP contribution in [-0.2, 0) is 9.59 Å². The Bertz CT molecular complexity index is 546. The molecule has 1 saturated heterocycles. The maximum atomic E-state index is 12.1. The zero-order chi connectivity index (χ0) is 14.1. The van der Waals surface area contributed by atoms with Crippen molar-refractivity contribution < 1.29 is 9.59 Å². The van der Waals surface area contributed by atoms with Gasteiger partial charge in [0, 0.05) is 23.1 Å². The molecule has 20 heavy (non-hydrogen) atoms. The minimum atomic E-state index is -0.311. The molecule has 0 radical (unpaired) electrons. The summed E-state index contributed by atoms with van der Waals surface area (Å²) in [6.07, 6.45) is 0.666. The Labute approximate surface area is 122 Å². The number of thioether (sulfide) groups is 1. The minimum absolute atomic E-state index is 0.0222. The number of carbonyl (C=O) groups is 2. The molecule has 0 aliphatic carbocycles. The van der Waals surface area contributed by atoms with Crippen molar-refractivity contribution in [3.63, 3.8) is 0 Å². The van der Waals surface area contributed by atoms with Gasteiger partial charge in [0.25, 0.3) is 0 Å². The number of benzene rings is 1. The van der Waals surface area contributed by atoms with E-state index in [2.05, 4.69) is 17.4 Å². The molecule has 0 bridgehead atoms. The van der Waals surface area contributed by atoms with Crippen LogP contribution in [-0.4, -0.2) is 41.6 Å². The van der Waals surface area contributed by atoms with Gasteiger partial charge < -0.3 is 10.2 Å². The first-order valence-corrected chi connectivity index (χ1v) is 7.98. The van der Waals surface area contributed by atoms with Crippen LogP contribution in [0.5, 0.6) is 0 Å². The fourth-order valence-electron chi connectivity index (χ4n) is 2.95. The first-order valence-electron chi connectivity index (χ1n) is 6.99. The van der Waals surface area contributed by atoms with Gasteiger partial charge >= 0.3 is 0 Å². The van der Waals surface area contributed by atoms with Crippen molar-refractivity contribution in [3.05, 3.63) is 29.8 Å². The molecule has 0 saturated carbocycles. The summed E-state index contributed by atoms with van der Waals surface area (Å²) in [5, 5.41) is 2.67. The van der Waals surface area contributed by atoms with Crippen molar-refractivity contribution in [1.29, 1.82) is 0 Å². The lowest BCUT2D eigenvalue weighted by Crippen LogP contribution is -2.58. The SMILES string of the molecule is CCC1C(=O)NCC(=O)N1CC1CSc2ccccc21. The number of nitrogens with zero attached hydrogens (tertiary/aromatic N) is 1. The lowest BCUT2D eigenvalue weighted by atomic mass is 9.98. The molecule has 5 heteroatoms. The van der Waals surface area contributed by atoms with Gasteiger partial charge in [0.05, 0.1) is 6.54 Å². The second-order valence-corrected chi connectivity index (χ2v) is 6.30. The summed E-state index contributed by atoms with van der Waals surface area (Å²) in [5.74, 6) is 1.33. The second kappa shape index (κ2) is 5.48. The normalized spacial score (nSPS) is 25.6. The molecule has 0 spiro atoms. The van der Waals surface area contributed by atoms with Crippen LogP contribution < -0.4 is 5.32 Å². The monoisotopic (exact) mass is 290 g/mol. The van der Waals surface area contributed by atoms with E-state index in [0.29, 0.717) is 18.9 Å². The molecule has 2 heterocycles. The zero-order valence-corrected chi connectivity index (χ0v) is 12.3. The molecule has 1 N–H and O–H groups in total. The lowest BCUT2D eigenvalue weighted by Gasteiger charge is -2.36. The van der Waals surface area contributed by atoms with E-state index in [1.54, 1.807) is 4.90 Å². The van der Waals surface area contributed by atoms with Gasteiger partial charge in [-0.1, -0.05) is 25.1 Å². The second-order valence-electron chi connectivity index (χ2n) is 5.23. The lowest BCUT2D eigenvalue weighted by molar-refractivity contribution is -0.145. The Balaban J connectivity index is 1.80. The molecule has 1 fully saturated rings. The summed E-state index contributed by atoms with van der Waals surface area (Å²) in [4.78, 5) is 27.1. The Kier molecular flexibility index (Phi) is 3.70. The molecular weight excluding hydrogens is 272 g/mol. The number of hydrogen-bond acceptors (Lipinski definition) is 3. The first-order chi connectivity index (χ1) is 9.70. The van der Waals surface area contributed by atoms with E-state index in [1.165, 1.54) is 10.5 Å². The van der Waals surface area contributed by atoms with Crippen LogP contribution in [0.25, 0.3) is 0 Å². The van der Waals surface area contributed by atoms with Crippen LogP contribution in [0.15, 0.2) is 29.2 Å². The van der Waals surface area contributed by atoms with Crippen LogP contribution in [0.1, 0.15) is 24.8 Å². The zero-order valence-electron chi connectivity index (χ0n) is 11.5. The van der Waals surface area contributed by atoms with E-state index in [-0.39, 0.29) is 24.4 Å². The van der Waals surface area contributed by atoms with Crippen LogP contribution in [0.3, 0.4) is 0 Å². The van der Waals surface area contributed by atoms with Crippen molar-refractivity contribution in [2.24, 2.45) is 0 Å². The molecule has 2 aliphatic heterocycles. The molecule has 1 aromatic rings. The maximum absolute atomic E-state index is 12.1. The number of hydrogen-bond donors (Lipinski definition) is 1. The highest BCUT2D eigenvalue weighted by Crippen LogP contribution is 2.40. The Morgan fingerprint density at radius 2 is 2.15 bits per heavy atom. The molecule has 2 atom stereocenters. The van der Waals surface area contributed by atoms with Gasteiger partial charge in [-0.3, -0.25) is 9.59 Å². The van der Waals surface area contributed by atoms with Crippen molar-refractivity contribution in [2.75, 3.05) is 18.8 Å². The molecule has 2 unspecified atom stereocenters. The highest BCUT2D eigenvalue weighted by atomic mass is 32.2. The largest absolute Gasteiger partial charge is 0.345 e. The molecule has 106 valence electrons. The summed E-state index contributed by atoms with van der Waals surface area (Å²) < 4.78 is 0. The standard InChI is InChI=1S/C15H18N2O2S/c1-2-12-15(19)16-7-14(18)17(12)8-10-9-20-13-6-4-3-5-11(10)13/h3-6,10,12H,2,7-9H2,1H3,(H,16,19). The van der Waals surface area contributed by atoms with Gasteiger partial charge in [0.15, 0.2) is 0 Å². The summed E-state index contributed by atoms with van der Waals surface area (Å²) >= 11 is 1.84. The van der Waals surface area contributed by atoms with Crippen LogP contribution in [0.4, 0.5) is 0 Å². The van der Waals surface area contributed by atoms with Crippen LogP contribution >= 0.6 is 11.8 Å². The van der Waals surface area contributed by atoms with E-state index in [1.807, 2.05) is 30.8 Å². The number of nitrogens with one attached hydrogen (secondary N) is 1. The Hall–Kier alpha value is -1.49. The summed E-state index contributed by atoms with van der Waals surface area (Å²) in [6.45, 7) is 2.73. The van der Waals surface area contributed by atoms with Crippen molar-refractivity contribution >= 4 is 23.6 Å². The maximum Gasteiger partial charge on any atom is 0.243 e. The summed E-state index contributed by atoms with van der Waals surface area (Å²) in [7, 11) is 0. The van der Waals surface area contributed by atoms with Crippen molar-refractivity contribution in [1.82, 2.24) is 10.2 Å². The molecule has 3 rings (SSSR count). The molecule has 4 nitrogen and oxygen atoms in total. The van der Waals surface area contributed by atoms with Gasteiger partial charge in [-0.05, 0) is 18.1 Å². The van der Waals surface area contributed by atoms with Gasteiger partial charge in [0.2, 0.25) is 11.8 Å². The number of rotatable bonds is 3. The fraction of sp³-hybridized carbons (Fsp3) is 0.467. The third-order valence-corrected chi connectivity index (χ3v) is 5.27. The number of piperazine rings is 1. The Morgan fingerprint density at radius 1 is 1.35 bits per heavy atom. The number of carbonyl (C=O) groups excluding carboxylic acids is 2. The molecular formula is C15H18N2O2S. The fourth-order valence-corrected chi connectivity index (χ4v) is 4.19. The third-order valence-electron chi connectivity index (χ3n) is 4.02. The first kappa shape index (κ1) is 13.5. The predicted octanol–water partition coefficient (Wildman–Crippen LogP) is 1.61. The topological polar surface area (TPSA) is 49.4 Å². The highest BCUT2D eigenvalue weighted by Gasteiger charge is 2.36. The van der Waals surface area contributed by atoms with Gasteiger partial charge in [-0.25, -0.2) is 0 Å². The smallest absolute Gasteiger partial charge is 0.243 e. The van der Waals surface area contributed by atoms with Crippen molar-refractivity contribution in [2.45, 2.75) is 30.2 Å². The van der Waals surface area contributed by atoms with Crippen LogP contribution in [0, 0.1) is 0 Å². The van der Waals surface area contributed by atoms with E-state index >= 15 is 0 Å². The molecule has 0 aromatic heterocycles. The highest BCUT2D eigenvalue weighted by molar-refractivity contribution is 7.99. The quantitative estimate of drug-likeness (QED) is 0.920. The van der Waals surface area contributed by atoms with Gasteiger partial charge in [0.1, 0.15) is 6.04 Å². The van der Waals surface area contributed by atoms with Gasteiger partial charge in [-0.15, -0.1) is 11.8 Å². The molecule has 2 amide bonds. The van der Waals surface area contributed by atoms with Gasteiger partial charge in [-0.2, -0.15) is 0 Å². The summed E-state index contributed by atoms with van der Waals surface area (Å²) in [5.41, 5.74) is 1.31. The number of fused-ring (bicyclic) bond motifs is 1. The average molecular weight is 290 g/mol. The van der Waals surface area contributed by atoms with Crippen molar-refractivity contribution in [3.8, 4) is 0 Å². The van der Waals surface area contributed by atoms with E-state index < -0.39 is 0 Å². The minimum Gasteiger partial charge on any atom is -0.345 e. The predicted molar refractivity (Wildman–Crippen MR) is 78.7 cm³/mol. The van der Waals surface area contributed by atoms with E-state index in [4.69, 9.17) is 0 Å². The number of amides is 2. The molecule has 1 aromatic carbocycles. The van der Waals surface area contributed by atoms with E-state index in [0.717, 1.165) is 5.75 Å². The third kappa shape index (κ3) is 2.30. The average Bonchev–Trinajstić information content (AvgIpc) is 2.87. The van der Waals surface area contributed by atoms with E-state index in [9.17, 15) is 9.59 Å². The van der Waals surface area contributed by atoms with Crippen LogP contribution in [0.2, 0.25) is 0 Å². The summed E-state index contributed by atoms with van der Waals surface area (Å²) in [6, 6.07) is 8.04. The molecule has 2 aliphatic rings. The Morgan fingerprint density at radius 3 is 2.95 bits per heavy atom.